The summed E-state index contributed by atoms with van der Waals surface area (Å²) in [7, 11) is -4.34. The maximum absolute atomic E-state index is 11.4. The van der Waals surface area contributed by atoms with E-state index < -0.39 is 10.1 Å². The van der Waals surface area contributed by atoms with Crippen molar-refractivity contribution >= 4 is 10.1 Å². The summed E-state index contributed by atoms with van der Waals surface area (Å²) in [6.07, 6.45) is 1.54. The minimum atomic E-state index is -4.34. The zero-order valence-corrected chi connectivity index (χ0v) is 11.6. The monoisotopic (exact) mass is 301 g/mol. The van der Waals surface area contributed by atoms with Crippen LogP contribution in [0.15, 0.2) is 65.7 Å². The molecular weight excluding hydrogens is 290 g/mol. The molecule has 0 amide bonds. The lowest BCUT2D eigenvalue weighted by molar-refractivity contribution is 0.482. The zero-order chi connectivity index (χ0) is 14.9. The smallest absolute Gasteiger partial charge is 0.282 e. The zero-order valence-electron chi connectivity index (χ0n) is 10.8. The van der Waals surface area contributed by atoms with E-state index in [0.29, 0.717) is 5.69 Å². The topological polar surface area (TPSA) is 85.1 Å². The highest BCUT2D eigenvalue weighted by molar-refractivity contribution is 7.86. The van der Waals surface area contributed by atoms with Crippen LogP contribution in [0.2, 0.25) is 0 Å². The van der Waals surface area contributed by atoms with Gasteiger partial charge in [-0.2, -0.15) is 13.5 Å². The Labute approximate surface area is 121 Å². The number of hydrogen-bond acceptors (Lipinski definition) is 4. The standard InChI is InChI=1S/C14H11N3O3S/c18-21(19,20)14-9-5-4-8-13(14)17-15-10-12(16-17)11-6-2-1-3-7-11/h1-10H,(H,18,19,20). The third kappa shape index (κ3) is 2.69. The molecule has 0 bridgehead atoms. The van der Waals surface area contributed by atoms with E-state index in [4.69, 9.17) is 0 Å². The number of benzene rings is 2. The summed E-state index contributed by atoms with van der Waals surface area (Å²) >= 11 is 0. The van der Waals surface area contributed by atoms with Gasteiger partial charge >= 0.3 is 0 Å². The van der Waals surface area contributed by atoms with Crippen LogP contribution in [0, 0.1) is 0 Å². The van der Waals surface area contributed by atoms with E-state index in [1.165, 1.54) is 29.2 Å². The number of nitrogens with zero attached hydrogens (tertiary/aromatic N) is 3. The molecule has 0 aliphatic rings. The van der Waals surface area contributed by atoms with Crippen LogP contribution in [-0.4, -0.2) is 28.0 Å². The van der Waals surface area contributed by atoms with Crippen molar-refractivity contribution in [1.82, 2.24) is 15.0 Å². The third-order valence-corrected chi connectivity index (χ3v) is 3.82. The van der Waals surface area contributed by atoms with Gasteiger partial charge in [0.05, 0.1) is 6.20 Å². The van der Waals surface area contributed by atoms with Crippen LogP contribution in [0.25, 0.3) is 16.9 Å². The first kappa shape index (κ1) is 13.5. The first-order chi connectivity index (χ1) is 10.1. The molecule has 0 spiro atoms. The van der Waals surface area contributed by atoms with Crippen LogP contribution in [0.4, 0.5) is 0 Å². The first-order valence-electron chi connectivity index (χ1n) is 6.10. The lowest BCUT2D eigenvalue weighted by Crippen LogP contribution is -2.07. The number of aromatic nitrogens is 3. The molecule has 0 aliphatic carbocycles. The molecule has 0 aliphatic heterocycles. The Balaban J connectivity index is 2.10. The van der Waals surface area contributed by atoms with Crippen molar-refractivity contribution in [2.24, 2.45) is 0 Å². The molecule has 3 rings (SSSR count). The average molecular weight is 301 g/mol. The number of hydrogen-bond donors (Lipinski definition) is 1. The van der Waals surface area contributed by atoms with E-state index in [1.807, 2.05) is 30.3 Å². The Bertz CT molecular complexity index is 873. The van der Waals surface area contributed by atoms with Crippen molar-refractivity contribution < 1.29 is 13.0 Å². The highest BCUT2D eigenvalue weighted by atomic mass is 32.2. The van der Waals surface area contributed by atoms with Gasteiger partial charge in [0, 0.05) is 5.56 Å². The first-order valence-corrected chi connectivity index (χ1v) is 7.54. The molecule has 1 N–H and O–H groups in total. The second kappa shape index (κ2) is 5.12. The molecule has 7 heteroatoms. The van der Waals surface area contributed by atoms with Gasteiger partial charge in [-0.05, 0) is 12.1 Å². The molecule has 1 heterocycles. The Hall–Kier alpha value is -2.51. The summed E-state index contributed by atoms with van der Waals surface area (Å²) in [6.45, 7) is 0. The molecule has 0 unspecified atom stereocenters. The van der Waals surface area contributed by atoms with E-state index >= 15 is 0 Å². The number of para-hydroxylation sites is 1. The van der Waals surface area contributed by atoms with Gasteiger partial charge in [-0.3, -0.25) is 4.55 Å². The van der Waals surface area contributed by atoms with Crippen molar-refractivity contribution in [3.63, 3.8) is 0 Å². The molecule has 2 aromatic carbocycles. The van der Waals surface area contributed by atoms with Gasteiger partial charge in [0.1, 0.15) is 16.3 Å². The van der Waals surface area contributed by atoms with Gasteiger partial charge in [-0.1, -0.05) is 42.5 Å². The van der Waals surface area contributed by atoms with E-state index in [-0.39, 0.29) is 10.6 Å². The van der Waals surface area contributed by atoms with Crippen LogP contribution in [-0.2, 0) is 10.1 Å². The lowest BCUT2D eigenvalue weighted by Gasteiger charge is -2.04. The van der Waals surface area contributed by atoms with E-state index in [9.17, 15) is 13.0 Å². The second-order valence-electron chi connectivity index (χ2n) is 4.33. The van der Waals surface area contributed by atoms with Crippen LogP contribution in [0.1, 0.15) is 0 Å². The van der Waals surface area contributed by atoms with E-state index in [0.717, 1.165) is 5.56 Å². The molecule has 6 nitrogen and oxygen atoms in total. The normalized spacial score (nSPS) is 11.5. The third-order valence-electron chi connectivity index (χ3n) is 2.92. The van der Waals surface area contributed by atoms with Crippen molar-refractivity contribution in [3.05, 3.63) is 60.8 Å². The summed E-state index contributed by atoms with van der Waals surface area (Å²) in [6, 6.07) is 15.4. The Morgan fingerprint density at radius 2 is 1.62 bits per heavy atom. The number of rotatable bonds is 3. The van der Waals surface area contributed by atoms with Crippen molar-refractivity contribution in [1.29, 1.82) is 0 Å². The maximum atomic E-state index is 11.4. The van der Waals surface area contributed by atoms with Gasteiger partial charge < -0.3 is 0 Å². The van der Waals surface area contributed by atoms with Crippen LogP contribution >= 0.6 is 0 Å². The van der Waals surface area contributed by atoms with Crippen LogP contribution < -0.4 is 0 Å². The van der Waals surface area contributed by atoms with E-state index in [2.05, 4.69) is 10.2 Å². The molecule has 21 heavy (non-hydrogen) atoms. The van der Waals surface area contributed by atoms with E-state index in [1.54, 1.807) is 6.07 Å². The maximum Gasteiger partial charge on any atom is 0.296 e. The lowest BCUT2D eigenvalue weighted by atomic mass is 10.2. The van der Waals surface area contributed by atoms with Gasteiger partial charge in [0.15, 0.2) is 0 Å². The van der Waals surface area contributed by atoms with Crippen LogP contribution in [0.5, 0.6) is 0 Å². The fourth-order valence-corrected chi connectivity index (χ4v) is 2.63. The van der Waals surface area contributed by atoms with Crippen molar-refractivity contribution in [2.75, 3.05) is 0 Å². The highest BCUT2D eigenvalue weighted by Crippen LogP contribution is 2.20. The highest BCUT2D eigenvalue weighted by Gasteiger charge is 2.17. The Kier molecular flexibility index (Phi) is 3.28. The Morgan fingerprint density at radius 1 is 0.952 bits per heavy atom. The van der Waals surface area contributed by atoms with Gasteiger partial charge in [-0.25, -0.2) is 0 Å². The molecule has 0 radical (unpaired) electrons. The van der Waals surface area contributed by atoms with Crippen molar-refractivity contribution in [2.45, 2.75) is 4.90 Å². The molecule has 106 valence electrons. The average Bonchev–Trinajstić information content (AvgIpc) is 2.97. The predicted octanol–water partition coefficient (Wildman–Crippen LogP) is 2.18. The summed E-state index contributed by atoms with van der Waals surface area (Å²) in [5.74, 6) is 0. The molecule has 1 aromatic heterocycles. The molecule has 0 atom stereocenters. The summed E-state index contributed by atoms with van der Waals surface area (Å²) in [4.78, 5) is 0.950. The fourth-order valence-electron chi connectivity index (χ4n) is 1.96. The SMILES string of the molecule is O=S(=O)(O)c1ccccc1-n1ncc(-c2ccccc2)n1. The van der Waals surface area contributed by atoms with Gasteiger partial charge in [0.25, 0.3) is 10.1 Å². The van der Waals surface area contributed by atoms with Crippen LogP contribution in [0.3, 0.4) is 0 Å². The summed E-state index contributed by atoms with van der Waals surface area (Å²) in [5, 5.41) is 8.32. The largest absolute Gasteiger partial charge is 0.296 e. The minimum absolute atomic E-state index is 0.196. The predicted molar refractivity (Wildman–Crippen MR) is 76.6 cm³/mol. The summed E-state index contributed by atoms with van der Waals surface area (Å²) in [5.41, 5.74) is 1.68. The minimum Gasteiger partial charge on any atom is -0.282 e. The van der Waals surface area contributed by atoms with Crippen molar-refractivity contribution in [3.8, 4) is 16.9 Å². The second-order valence-corrected chi connectivity index (χ2v) is 5.72. The quantitative estimate of drug-likeness (QED) is 0.749. The summed E-state index contributed by atoms with van der Waals surface area (Å²) < 4.78 is 32.0. The van der Waals surface area contributed by atoms with Gasteiger partial charge in [-0.15, -0.1) is 9.90 Å². The Morgan fingerprint density at radius 3 is 2.33 bits per heavy atom. The molecule has 0 fully saturated rings. The fraction of sp³-hybridized carbons (Fsp3) is 0. The molecule has 3 aromatic rings. The molecule has 0 saturated heterocycles. The molecule has 0 saturated carbocycles. The van der Waals surface area contributed by atoms with Gasteiger partial charge in [0.2, 0.25) is 0 Å². The molecular formula is C14H11N3O3S.